The van der Waals surface area contributed by atoms with Crippen molar-refractivity contribution in [2.45, 2.75) is 19.3 Å². The van der Waals surface area contributed by atoms with Gasteiger partial charge < -0.3 is 0 Å². The van der Waals surface area contributed by atoms with Crippen molar-refractivity contribution >= 4 is 43.2 Å². The molecule has 1 aliphatic carbocycles. The molecule has 1 heteroatoms. The lowest BCUT2D eigenvalue weighted by Gasteiger charge is -2.25. The summed E-state index contributed by atoms with van der Waals surface area (Å²) >= 11 is 0. The van der Waals surface area contributed by atoms with Gasteiger partial charge in [-0.25, -0.2) is 4.98 Å². The van der Waals surface area contributed by atoms with E-state index in [1.54, 1.807) is 0 Å². The van der Waals surface area contributed by atoms with Crippen LogP contribution in [0.1, 0.15) is 25.0 Å². The van der Waals surface area contributed by atoms with Crippen LogP contribution in [0, 0.1) is 0 Å². The van der Waals surface area contributed by atoms with Crippen LogP contribution in [-0.4, -0.2) is 4.98 Å². The zero-order chi connectivity index (χ0) is 32.7. The van der Waals surface area contributed by atoms with Crippen molar-refractivity contribution in [3.05, 3.63) is 175 Å². The summed E-state index contributed by atoms with van der Waals surface area (Å²) in [7, 11) is 0. The third-order valence-corrected chi connectivity index (χ3v) is 10.8. The Labute approximate surface area is 286 Å². The Morgan fingerprint density at radius 3 is 1.78 bits per heavy atom. The first-order valence-electron chi connectivity index (χ1n) is 17.1. The van der Waals surface area contributed by atoms with Gasteiger partial charge in [-0.1, -0.05) is 147 Å². The van der Waals surface area contributed by atoms with Crippen LogP contribution in [0.4, 0.5) is 0 Å². The number of fused-ring (bicyclic) bond motifs is 9. The second kappa shape index (κ2) is 10.5. The maximum absolute atomic E-state index is 5.42. The molecule has 0 aliphatic heterocycles. The van der Waals surface area contributed by atoms with Gasteiger partial charge in [-0.3, -0.25) is 0 Å². The number of rotatable bonds is 3. The molecule has 0 atom stereocenters. The van der Waals surface area contributed by atoms with Crippen LogP contribution < -0.4 is 0 Å². The number of para-hydroxylation sites is 1. The third kappa shape index (κ3) is 4.29. The van der Waals surface area contributed by atoms with Gasteiger partial charge in [-0.2, -0.15) is 0 Å². The highest BCUT2D eigenvalue weighted by Gasteiger charge is 2.37. The van der Waals surface area contributed by atoms with Crippen LogP contribution in [-0.2, 0) is 5.41 Å². The summed E-state index contributed by atoms with van der Waals surface area (Å²) in [6.45, 7) is 4.74. The van der Waals surface area contributed by atoms with Crippen LogP contribution in [0.5, 0.6) is 0 Å². The Morgan fingerprint density at radius 2 is 1.00 bits per heavy atom. The van der Waals surface area contributed by atoms with Crippen molar-refractivity contribution in [2.75, 3.05) is 0 Å². The summed E-state index contributed by atoms with van der Waals surface area (Å²) in [6.07, 6.45) is 0. The average molecular weight is 624 g/mol. The first-order valence-corrected chi connectivity index (χ1v) is 17.1. The minimum Gasteiger partial charge on any atom is -0.247 e. The molecule has 0 saturated carbocycles. The molecule has 0 fully saturated rings. The van der Waals surface area contributed by atoms with Gasteiger partial charge in [0.15, 0.2) is 0 Å². The smallest absolute Gasteiger partial charge is 0.0791 e. The Kier molecular flexibility index (Phi) is 5.99. The normalized spacial score (nSPS) is 13.3. The largest absolute Gasteiger partial charge is 0.247 e. The van der Waals surface area contributed by atoms with Gasteiger partial charge in [0.05, 0.1) is 11.2 Å². The summed E-state index contributed by atoms with van der Waals surface area (Å²) in [5, 5.41) is 8.73. The molecule has 230 valence electrons. The molecule has 8 aromatic carbocycles. The lowest BCUT2D eigenvalue weighted by atomic mass is 9.79. The molecular formula is C48H33N. The maximum Gasteiger partial charge on any atom is 0.0791 e. The predicted octanol–water partition coefficient (Wildman–Crippen LogP) is 13.0. The van der Waals surface area contributed by atoms with Gasteiger partial charge in [0.1, 0.15) is 0 Å². The van der Waals surface area contributed by atoms with Gasteiger partial charge >= 0.3 is 0 Å². The van der Waals surface area contributed by atoms with Crippen molar-refractivity contribution in [1.29, 1.82) is 0 Å². The molecule has 0 bridgehead atoms. The SMILES string of the molecule is CC1(C)c2ccccc2-c2ccc3c(c(-c4cccc(-c5ccc6cc(-c7ccc8ccccc8c7)ccc6c5)c4)nc4ccccc43)c21. The molecule has 0 amide bonds. The van der Waals surface area contributed by atoms with Crippen LogP contribution in [0.25, 0.3) is 87.9 Å². The Balaban J connectivity index is 1.11. The highest BCUT2D eigenvalue weighted by molar-refractivity contribution is 6.15. The quantitative estimate of drug-likeness (QED) is 0.178. The Hall–Kier alpha value is -6.05. The zero-order valence-corrected chi connectivity index (χ0v) is 27.5. The summed E-state index contributed by atoms with van der Waals surface area (Å²) in [5.74, 6) is 0. The van der Waals surface area contributed by atoms with E-state index >= 15 is 0 Å². The van der Waals surface area contributed by atoms with Crippen molar-refractivity contribution < 1.29 is 0 Å². The number of hydrogen-bond donors (Lipinski definition) is 0. The van der Waals surface area contributed by atoms with Crippen LogP contribution in [0.15, 0.2) is 164 Å². The first-order chi connectivity index (χ1) is 24.0. The second-order valence-electron chi connectivity index (χ2n) is 14.0. The monoisotopic (exact) mass is 623 g/mol. The highest BCUT2D eigenvalue weighted by Crippen LogP contribution is 2.53. The molecular weight excluding hydrogens is 591 g/mol. The predicted molar refractivity (Wildman–Crippen MR) is 208 cm³/mol. The zero-order valence-electron chi connectivity index (χ0n) is 27.5. The van der Waals surface area contributed by atoms with Gasteiger partial charge in [0.2, 0.25) is 0 Å². The molecule has 0 radical (unpaired) electrons. The lowest BCUT2D eigenvalue weighted by molar-refractivity contribution is 0.666. The summed E-state index contributed by atoms with van der Waals surface area (Å²) in [6, 6.07) is 60.0. The Bertz CT molecular complexity index is 2800. The minimum absolute atomic E-state index is 0.147. The molecule has 0 spiro atoms. The average Bonchev–Trinajstić information content (AvgIpc) is 3.40. The van der Waals surface area contributed by atoms with Crippen molar-refractivity contribution in [3.63, 3.8) is 0 Å². The van der Waals surface area contributed by atoms with E-state index in [1.807, 2.05) is 0 Å². The van der Waals surface area contributed by atoms with Crippen molar-refractivity contribution in [2.24, 2.45) is 0 Å². The number of benzene rings is 8. The second-order valence-corrected chi connectivity index (χ2v) is 14.0. The van der Waals surface area contributed by atoms with Crippen LogP contribution in [0.3, 0.4) is 0 Å². The minimum atomic E-state index is -0.147. The van der Waals surface area contributed by atoms with Gasteiger partial charge in [0.25, 0.3) is 0 Å². The van der Waals surface area contributed by atoms with E-state index in [9.17, 15) is 0 Å². The first kappa shape index (κ1) is 28.0. The van der Waals surface area contributed by atoms with E-state index in [1.165, 1.54) is 82.2 Å². The van der Waals surface area contributed by atoms with Crippen LogP contribution >= 0.6 is 0 Å². The molecule has 49 heavy (non-hydrogen) atoms. The summed E-state index contributed by atoms with van der Waals surface area (Å²) in [4.78, 5) is 5.42. The van der Waals surface area contributed by atoms with Gasteiger partial charge in [-0.15, -0.1) is 0 Å². The lowest BCUT2D eigenvalue weighted by Crippen LogP contribution is -2.16. The molecule has 1 aromatic heterocycles. The molecule has 0 saturated heterocycles. The van der Waals surface area contributed by atoms with Gasteiger partial charge in [0, 0.05) is 21.8 Å². The van der Waals surface area contributed by atoms with E-state index in [2.05, 4.69) is 178 Å². The number of nitrogens with zero attached hydrogens (tertiary/aromatic N) is 1. The van der Waals surface area contributed by atoms with E-state index in [4.69, 9.17) is 4.98 Å². The van der Waals surface area contributed by atoms with E-state index in [0.717, 1.165) is 16.8 Å². The van der Waals surface area contributed by atoms with E-state index < -0.39 is 0 Å². The fraction of sp³-hybridized carbons (Fsp3) is 0.0625. The van der Waals surface area contributed by atoms with E-state index in [-0.39, 0.29) is 5.41 Å². The van der Waals surface area contributed by atoms with Crippen molar-refractivity contribution in [1.82, 2.24) is 4.98 Å². The van der Waals surface area contributed by atoms with Crippen LogP contribution in [0.2, 0.25) is 0 Å². The summed E-state index contributed by atoms with van der Waals surface area (Å²) < 4.78 is 0. The molecule has 0 N–H and O–H groups in total. The standard InChI is InChI=1S/C48H33N/c1-48(2)43-16-7-5-14-39(43)42-25-24-41-40-15-6-8-17-44(40)49-47(45(41)46(42)48)38-13-9-12-32(29-38)33-20-21-37-28-36(23-22-35(37)27-33)34-19-18-30-10-3-4-11-31(30)26-34/h3-29H,1-2H3. The number of hydrogen-bond acceptors (Lipinski definition) is 1. The highest BCUT2D eigenvalue weighted by atomic mass is 14.7. The molecule has 1 aliphatic rings. The number of aromatic nitrogens is 1. The molecule has 0 unspecified atom stereocenters. The molecule has 9 aromatic rings. The maximum atomic E-state index is 5.42. The fourth-order valence-corrected chi connectivity index (χ4v) is 8.35. The summed E-state index contributed by atoms with van der Waals surface area (Å²) in [5.41, 5.74) is 13.3. The molecule has 1 heterocycles. The number of pyridine rings is 1. The third-order valence-electron chi connectivity index (χ3n) is 10.8. The Morgan fingerprint density at radius 1 is 0.408 bits per heavy atom. The fourth-order valence-electron chi connectivity index (χ4n) is 8.35. The topological polar surface area (TPSA) is 12.9 Å². The molecule has 1 nitrogen and oxygen atoms in total. The van der Waals surface area contributed by atoms with Gasteiger partial charge in [-0.05, 0) is 102 Å². The van der Waals surface area contributed by atoms with E-state index in [0.29, 0.717) is 0 Å². The molecule has 10 rings (SSSR count). The van der Waals surface area contributed by atoms with Crippen molar-refractivity contribution in [3.8, 4) is 44.6 Å².